The van der Waals surface area contributed by atoms with Gasteiger partial charge in [-0.3, -0.25) is 14.9 Å². The molecule has 0 aliphatic carbocycles. The second-order valence-corrected chi connectivity index (χ2v) is 15.6. The molecule has 0 saturated carbocycles. The van der Waals surface area contributed by atoms with Crippen molar-refractivity contribution in [3.63, 3.8) is 0 Å². The van der Waals surface area contributed by atoms with E-state index in [-0.39, 0.29) is 29.3 Å². The molecule has 2 aliphatic heterocycles. The quantitative estimate of drug-likeness (QED) is 0.151. The molecule has 9 heteroatoms. The van der Waals surface area contributed by atoms with Crippen molar-refractivity contribution in [3.05, 3.63) is 120 Å². The molecule has 0 bridgehead atoms. The molecule has 9 nitrogen and oxygen atoms in total. The molecule has 0 spiro atoms. The molecular weight excluding hydrogens is 663 g/mol. The number of imide groups is 1. The minimum atomic E-state index is -0.882. The number of benzene rings is 4. The third kappa shape index (κ3) is 8.67. The number of carbonyl (C=O) groups excluding carboxylic acids is 3. The van der Waals surface area contributed by atoms with Gasteiger partial charge < -0.3 is 25.2 Å². The highest BCUT2D eigenvalue weighted by atomic mass is 16.5. The van der Waals surface area contributed by atoms with Gasteiger partial charge in [0.1, 0.15) is 12.1 Å². The first-order valence-electron chi connectivity index (χ1n) is 18.8. The van der Waals surface area contributed by atoms with E-state index in [1.807, 2.05) is 32.0 Å². The summed E-state index contributed by atoms with van der Waals surface area (Å²) in [4.78, 5) is 43.0. The molecule has 4 aromatic carbocycles. The molecule has 3 amide bonds. The summed E-state index contributed by atoms with van der Waals surface area (Å²) in [6.45, 7) is 11.1. The Bertz CT molecular complexity index is 1850. The number of ether oxygens (including phenoxy) is 1. The molecule has 0 aromatic heterocycles. The zero-order chi connectivity index (χ0) is 37.7. The monoisotopic (exact) mass is 715 g/mol. The van der Waals surface area contributed by atoms with Crippen molar-refractivity contribution in [1.29, 1.82) is 0 Å². The Labute approximate surface area is 314 Å². The maximum absolute atomic E-state index is 13.4. The number of nitrogens with zero attached hydrogens (tertiary/aromatic N) is 2. The first kappa shape index (κ1) is 37.4. The van der Waals surface area contributed by atoms with E-state index in [4.69, 9.17) is 0 Å². The number of alkyl carbamates (subject to hydrolysis) is 1. The van der Waals surface area contributed by atoms with E-state index in [2.05, 4.69) is 136 Å². The molecule has 0 radical (unpaired) electrons. The molecule has 278 valence electrons. The number of rotatable bonds is 10. The Morgan fingerprint density at radius 1 is 0.736 bits per heavy atom. The van der Waals surface area contributed by atoms with Crippen LogP contribution >= 0.6 is 0 Å². The van der Waals surface area contributed by atoms with Crippen molar-refractivity contribution in [2.45, 2.75) is 89.9 Å². The summed E-state index contributed by atoms with van der Waals surface area (Å²) < 4.78 is 4.68. The number of nitrogens with one attached hydrogen (secondary N) is 3. The highest BCUT2D eigenvalue weighted by Gasteiger charge is 2.37. The highest BCUT2D eigenvalue weighted by Crippen LogP contribution is 2.47. The third-order valence-electron chi connectivity index (χ3n) is 10.6. The average Bonchev–Trinajstić information content (AvgIpc) is 3.83. The molecule has 6 rings (SSSR count). The number of methoxy groups -OCH3 is 1. The topological polar surface area (TPSA) is 103 Å². The summed E-state index contributed by atoms with van der Waals surface area (Å²) in [7, 11) is 1.24. The largest absolute Gasteiger partial charge is 0.453 e. The average molecular weight is 716 g/mol. The number of hydrogen-bond donors (Lipinski definition) is 3. The molecule has 4 aromatic rings. The van der Waals surface area contributed by atoms with Crippen LogP contribution in [-0.2, 0) is 19.7 Å². The van der Waals surface area contributed by atoms with Crippen molar-refractivity contribution >= 4 is 40.7 Å². The molecule has 53 heavy (non-hydrogen) atoms. The zero-order valence-electron chi connectivity index (χ0n) is 31.8. The van der Waals surface area contributed by atoms with Gasteiger partial charge in [0.2, 0.25) is 11.8 Å². The van der Waals surface area contributed by atoms with Gasteiger partial charge in [-0.05, 0) is 102 Å². The number of anilines is 4. The van der Waals surface area contributed by atoms with Crippen LogP contribution in [0.5, 0.6) is 0 Å². The van der Waals surface area contributed by atoms with Crippen molar-refractivity contribution in [2.24, 2.45) is 5.92 Å². The Morgan fingerprint density at radius 3 is 1.87 bits per heavy atom. The van der Waals surface area contributed by atoms with E-state index in [1.54, 1.807) is 0 Å². The van der Waals surface area contributed by atoms with Gasteiger partial charge in [-0.25, -0.2) is 4.79 Å². The fraction of sp³-hybridized carbons (Fsp3) is 0.386. The lowest BCUT2D eigenvalue weighted by Gasteiger charge is -2.34. The Kier molecular flexibility index (Phi) is 11.4. The van der Waals surface area contributed by atoms with Crippen molar-refractivity contribution in [2.75, 3.05) is 28.8 Å². The lowest BCUT2D eigenvalue weighted by Crippen LogP contribution is -2.54. The highest BCUT2D eigenvalue weighted by molar-refractivity contribution is 6.02. The first-order chi connectivity index (χ1) is 25.4. The van der Waals surface area contributed by atoms with Crippen LogP contribution in [0.4, 0.5) is 27.5 Å². The Hall–Kier alpha value is -5.31. The van der Waals surface area contributed by atoms with Crippen molar-refractivity contribution < 1.29 is 19.1 Å². The Morgan fingerprint density at radius 2 is 1.30 bits per heavy atom. The molecular formula is C44H53N5O4. The fourth-order valence-corrected chi connectivity index (χ4v) is 7.68. The maximum atomic E-state index is 13.4. The normalized spacial score (nSPS) is 19.2. The van der Waals surface area contributed by atoms with Gasteiger partial charge in [0.25, 0.3) is 0 Å². The number of carbonyl (C=O) groups is 3. The minimum Gasteiger partial charge on any atom is -0.453 e. The molecule has 3 N–H and O–H groups in total. The lowest BCUT2D eigenvalue weighted by atomic mass is 9.87. The minimum absolute atomic E-state index is 0.0630. The molecule has 2 heterocycles. The molecule has 0 unspecified atom stereocenters. The van der Waals surface area contributed by atoms with Gasteiger partial charge in [-0.15, -0.1) is 0 Å². The van der Waals surface area contributed by atoms with Crippen LogP contribution in [0.15, 0.2) is 103 Å². The molecule has 2 saturated heterocycles. The summed E-state index contributed by atoms with van der Waals surface area (Å²) in [5.74, 6) is -1.12. The first-order valence-corrected chi connectivity index (χ1v) is 18.8. The second-order valence-electron chi connectivity index (χ2n) is 15.6. The van der Waals surface area contributed by atoms with Gasteiger partial charge in [-0.2, -0.15) is 0 Å². The predicted octanol–water partition coefficient (Wildman–Crippen LogP) is 8.80. The third-order valence-corrected chi connectivity index (χ3v) is 10.6. The van der Waals surface area contributed by atoms with Gasteiger partial charge in [-0.1, -0.05) is 89.2 Å². The SMILES string of the molecule is COC(=O)N[C@H](C(=O)NC(=O)[C@@H]1CCCN1c1ccc([C@@H]2CC[C@@H](c3ccc(Nc4ccccc4)cc3)N2c2ccc(C(C)(C)C)cc2)cc1)C(C)C. The van der Waals surface area contributed by atoms with Crippen LogP contribution in [-0.4, -0.2) is 43.6 Å². The fourth-order valence-electron chi connectivity index (χ4n) is 7.68. The van der Waals surface area contributed by atoms with Gasteiger partial charge >= 0.3 is 6.09 Å². The summed E-state index contributed by atoms with van der Waals surface area (Å²) in [6, 6.07) is 35.7. The number of para-hydroxylation sites is 1. The van der Waals surface area contributed by atoms with Crippen LogP contribution in [0.1, 0.15) is 89.1 Å². The molecule has 4 atom stereocenters. The van der Waals surface area contributed by atoms with Crippen LogP contribution in [0.3, 0.4) is 0 Å². The smallest absolute Gasteiger partial charge is 0.407 e. The van der Waals surface area contributed by atoms with Crippen LogP contribution in [0.2, 0.25) is 0 Å². The van der Waals surface area contributed by atoms with Gasteiger partial charge in [0.05, 0.1) is 19.2 Å². The number of amides is 3. The van der Waals surface area contributed by atoms with E-state index >= 15 is 0 Å². The maximum Gasteiger partial charge on any atom is 0.407 e. The summed E-state index contributed by atoms with van der Waals surface area (Å²) in [6.07, 6.45) is 2.79. The summed E-state index contributed by atoms with van der Waals surface area (Å²) in [5.41, 5.74) is 8.14. The summed E-state index contributed by atoms with van der Waals surface area (Å²) >= 11 is 0. The molecule has 2 fully saturated rings. The van der Waals surface area contributed by atoms with Gasteiger partial charge in [0, 0.05) is 29.3 Å². The van der Waals surface area contributed by atoms with E-state index < -0.39 is 24.1 Å². The van der Waals surface area contributed by atoms with E-state index in [0.717, 1.165) is 36.3 Å². The zero-order valence-corrected chi connectivity index (χ0v) is 31.8. The lowest BCUT2D eigenvalue weighted by molar-refractivity contribution is -0.132. The second kappa shape index (κ2) is 16.1. The van der Waals surface area contributed by atoms with Crippen LogP contribution in [0.25, 0.3) is 0 Å². The van der Waals surface area contributed by atoms with E-state index in [9.17, 15) is 14.4 Å². The standard InChI is InChI=1S/C44H53N5O4/c1-29(2)40(46-43(52)53-6)42(51)47-41(50)39-13-10-28-48(39)35-22-16-31(17-23-35)38-27-26-37(49(38)36-24-18-32(19-25-36)44(3,4)5)30-14-20-34(21-15-30)45-33-11-8-7-9-12-33/h7-9,11-12,14-25,29,37-40,45H,10,13,26-28H2,1-6H3,(H,46,52)(H,47,50,51)/t37-,38-,39-,40-/m0/s1. The van der Waals surface area contributed by atoms with Crippen molar-refractivity contribution in [1.82, 2.24) is 10.6 Å². The van der Waals surface area contributed by atoms with Crippen molar-refractivity contribution in [3.8, 4) is 0 Å². The predicted molar refractivity (Wildman–Crippen MR) is 213 cm³/mol. The number of hydrogen-bond acceptors (Lipinski definition) is 7. The van der Waals surface area contributed by atoms with Crippen LogP contribution < -0.4 is 25.8 Å². The van der Waals surface area contributed by atoms with Gasteiger partial charge in [0.15, 0.2) is 0 Å². The van der Waals surface area contributed by atoms with E-state index in [1.165, 1.54) is 29.5 Å². The molecule has 2 aliphatic rings. The summed E-state index contributed by atoms with van der Waals surface area (Å²) in [5, 5.41) is 8.61. The van der Waals surface area contributed by atoms with Crippen LogP contribution in [0, 0.1) is 5.92 Å². The Balaban J connectivity index is 1.21. The van der Waals surface area contributed by atoms with E-state index in [0.29, 0.717) is 13.0 Å².